The highest BCUT2D eigenvalue weighted by Crippen LogP contribution is 2.38. The van der Waals surface area contributed by atoms with Crippen molar-refractivity contribution in [1.29, 1.82) is 0 Å². The van der Waals surface area contributed by atoms with Gasteiger partial charge in [0.05, 0.1) is 22.6 Å². The smallest absolute Gasteiger partial charge is 0.358 e. The zero-order valence-electron chi connectivity index (χ0n) is 24.1. The summed E-state index contributed by atoms with van der Waals surface area (Å²) >= 11 is 5.83. The number of imidazole rings is 1. The molecule has 0 spiro atoms. The Kier molecular flexibility index (Phi) is 7.58. The van der Waals surface area contributed by atoms with Gasteiger partial charge < -0.3 is 10.1 Å². The van der Waals surface area contributed by atoms with E-state index in [9.17, 15) is 13.2 Å². The number of hydrogen-bond acceptors (Lipinski definition) is 7. The van der Waals surface area contributed by atoms with E-state index in [1.54, 1.807) is 25.0 Å². The lowest BCUT2D eigenvalue weighted by molar-refractivity contribution is -0.137. The van der Waals surface area contributed by atoms with Crippen molar-refractivity contribution < 1.29 is 17.9 Å². The van der Waals surface area contributed by atoms with Crippen molar-refractivity contribution >= 4 is 45.0 Å². The molecule has 0 radical (unpaired) electrons. The van der Waals surface area contributed by atoms with Gasteiger partial charge in [-0.1, -0.05) is 23.7 Å². The predicted molar refractivity (Wildman–Crippen MR) is 166 cm³/mol. The molecule has 1 saturated heterocycles. The summed E-state index contributed by atoms with van der Waals surface area (Å²) in [5.74, 6) is 0.429. The number of nitrogens with zero attached hydrogens (tertiary/aromatic N) is 6. The monoisotopic (exact) mass is 629 g/mol. The largest absolute Gasteiger partial charge is 0.417 e. The summed E-state index contributed by atoms with van der Waals surface area (Å²) in [5.41, 5.74) is 5.07. The van der Waals surface area contributed by atoms with Crippen LogP contribution in [0.15, 0.2) is 73.6 Å². The Labute approximate surface area is 261 Å². The molecule has 1 aliphatic heterocycles. The summed E-state index contributed by atoms with van der Waals surface area (Å²) in [6, 6.07) is 13.4. The van der Waals surface area contributed by atoms with Gasteiger partial charge in [-0.3, -0.25) is 9.55 Å². The van der Waals surface area contributed by atoms with Crippen LogP contribution < -0.4 is 5.32 Å². The molecule has 0 bridgehead atoms. The van der Waals surface area contributed by atoms with Crippen LogP contribution in [0.4, 0.5) is 24.7 Å². The lowest BCUT2D eigenvalue weighted by Gasteiger charge is -2.23. The summed E-state index contributed by atoms with van der Waals surface area (Å²) in [6.07, 6.45) is 5.51. The number of aryl methyl sites for hydroxylation is 1. The second-order valence-corrected chi connectivity index (χ2v) is 11.4. The SMILES string of the molecule is Cc1ccc2c(Nc3ccc(Cl)c(C(F)(F)F)c3)nccc2c1Cc1ncccc1-c1ncnc2c1ncn2C1CCCCO1. The molecule has 228 valence electrons. The van der Waals surface area contributed by atoms with Gasteiger partial charge in [-0.15, -0.1) is 0 Å². The number of halogens is 4. The van der Waals surface area contributed by atoms with E-state index in [0.717, 1.165) is 58.5 Å². The minimum Gasteiger partial charge on any atom is -0.358 e. The van der Waals surface area contributed by atoms with Crippen LogP contribution in [0.1, 0.15) is 47.9 Å². The van der Waals surface area contributed by atoms with E-state index < -0.39 is 11.7 Å². The number of alkyl halides is 3. The number of aromatic nitrogens is 6. The molecular weight excluding hydrogens is 603 g/mol. The molecule has 1 unspecified atom stereocenters. The first-order valence-electron chi connectivity index (χ1n) is 14.5. The Morgan fingerprint density at radius 1 is 0.978 bits per heavy atom. The number of benzene rings is 2. The van der Waals surface area contributed by atoms with Crippen LogP contribution >= 0.6 is 11.6 Å². The van der Waals surface area contributed by atoms with Gasteiger partial charge in [0.2, 0.25) is 0 Å². The van der Waals surface area contributed by atoms with E-state index in [1.807, 2.05) is 41.8 Å². The lowest BCUT2D eigenvalue weighted by atomic mass is 9.94. The molecule has 0 amide bonds. The van der Waals surface area contributed by atoms with Crippen molar-refractivity contribution in [2.24, 2.45) is 0 Å². The fraction of sp³-hybridized carbons (Fsp3) is 0.242. The Bertz CT molecular complexity index is 2040. The van der Waals surface area contributed by atoms with Gasteiger partial charge in [-0.2, -0.15) is 13.2 Å². The summed E-state index contributed by atoms with van der Waals surface area (Å²) in [7, 11) is 0. The van der Waals surface area contributed by atoms with Crippen LogP contribution in [0.2, 0.25) is 5.02 Å². The number of hydrogen-bond donors (Lipinski definition) is 1. The molecule has 0 saturated carbocycles. The molecule has 2 aromatic carbocycles. The van der Waals surface area contributed by atoms with Crippen LogP contribution in [0.25, 0.3) is 33.2 Å². The van der Waals surface area contributed by atoms with Gasteiger partial charge >= 0.3 is 6.18 Å². The molecule has 8 nitrogen and oxygen atoms in total. The molecule has 0 aliphatic carbocycles. The molecule has 1 aliphatic rings. The van der Waals surface area contributed by atoms with Crippen molar-refractivity contribution in [3.05, 3.63) is 101 Å². The maximum Gasteiger partial charge on any atom is 0.417 e. The maximum absolute atomic E-state index is 13.5. The van der Waals surface area contributed by atoms with Crippen LogP contribution in [0.3, 0.4) is 0 Å². The van der Waals surface area contributed by atoms with Gasteiger partial charge in [0.15, 0.2) is 5.65 Å². The zero-order chi connectivity index (χ0) is 31.1. The Hall–Kier alpha value is -4.61. The standard InChI is InChI=1S/C33H27ClF3N7O/c1-19-7-9-22-21(11-13-39-31(22)43-20-8-10-26(34)25(15-20)33(35,36)37)24(19)16-27-23(5-4-12-38-27)29-30-32(41-17-40-29)44(18-42-30)28-6-2-3-14-45-28/h4-5,7-13,15,17-18,28H,2-3,6,14,16H2,1H3,(H,39,43). The van der Waals surface area contributed by atoms with Crippen molar-refractivity contribution in [2.75, 3.05) is 11.9 Å². The third-order valence-corrected chi connectivity index (χ3v) is 8.47. The van der Waals surface area contributed by atoms with Crippen LogP contribution in [-0.2, 0) is 17.3 Å². The van der Waals surface area contributed by atoms with Gasteiger partial charge in [0.25, 0.3) is 0 Å². The number of pyridine rings is 2. The Balaban J connectivity index is 1.27. The van der Waals surface area contributed by atoms with Gasteiger partial charge in [-0.05, 0) is 79.1 Å². The minimum absolute atomic E-state index is 0.109. The molecule has 7 rings (SSSR count). The summed E-state index contributed by atoms with van der Waals surface area (Å²) in [4.78, 5) is 23.1. The van der Waals surface area contributed by atoms with Crippen LogP contribution in [0, 0.1) is 6.92 Å². The summed E-state index contributed by atoms with van der Waals surface area (Å²) < 4.78 is 48.5. The van der Waals surface area contributed by atoms with E-state index in [-0.39, 0.29) is 16.9 Å². The fourth-order valence-electron chi connectivity index (χ4n) is 5.88. The molecule has 4 aromatic heterocycles. The number of ether oxygens (including phenoxy) is 1. The highest BCUT2D eigenvalue weighted by atomic mass is 35.5. The second-order valence-electron chi connectivity index (χ2n) is 11.0. The van der Waals surface area contributed by atoms with Crippen molar-refractivity contribution in [3.63, 3.8) is 0 Å². The normalized spacial score (nSPS) is 15.5. The van der Waals surface area contributed by atoms with Gasteiger partial charge in [-0.25, -0.2) is 19.9 Å². The molecular formula is C33H27ClF3N7O. The fourth-order valence-corrected chi connectivity index (χ4v) is 6.11. The average molecular weight is 630 g/mol. The Morgan fingerprint density at radius 2 is 1.87 bits per heavy atom. The topological polar surface area (TPSA) is 90.6 Å². The van der Waals surface area contributed by atoms with Crippen LogP contribution in [0.5, 0.6) is 0 Å². The molecule has 1 N–H and O–H groups in total. The zero-order valence-corrected chi connectivity index (χ0v) is 24.9. The molecule has 1 fully saturated rings. The van der Waals surface area contributed by atoms with E-state index >= 15 is 0 Å². The van der Waals surface area contributed by atoms with E-state index in [2.05, 4.69) is 20.3 Å². The molecule has 5 heterocycles. The van der Waals surface area contributed by atoms with E-state index in [1.165, 1.54) is 12.1 Å². The summed E-state index contributed by atoms with van der Waals surface area (Å²) in [5, 5.41) is 4.36. The van der Waals surface area contributed by atoms with Crippen molar-refractivity contribution in [3.8, 4) is 11.3 Å². The third kappa shape index (κ3) is 5.57. The number of fused-ring (bicyclic) bond motifs is 2. The molecule has 45 heavy (non-hydrogen) atoms. The third-order valence-electron chi connectivity index (χ3n) is 8.14. The molecule has 6 aromatic rings. The van der Waals surface area contributed by atoms with Crippen LogP contribution in [-0.4, -0.2) is 36.1 Å². The quantitative estimate of drug-likeness (QED) is 0.198. The minimum atomic E-state index is -4.58. The Morgan fingerprint density at radius 3 is 2.69 bits per heavy atom. The highest BCUT2D eigenvalue weighted by molar-refractivity contribution is 6.31. The maximum atomic E-state index is 13.5. The molecule has 1 atom stereocenters. The van der Waals surface area contributed by atoms with Crippen molar-refractivity contribution in [2.45, 2.75) is 45.0 Å². The number of anilines is 2. The lowest BCUT2D eigenvalue weighted by Crippen LogP contribution is -2.17. The van der Waals surface area contributed by atoms with Crippen molar-refractivity contribution in [1.82, 2.24) is 29.5 Å². The number of nitrogens with one attached hydrogen (secondary N) is 1. The average Bonchev–Trinajstić information content (AvgIpc) is 3.48. The first-order valence-corrected chi connectivity index (χ1v) is 14.9. The summed E-state index contributed by atoms with van der Waals surface area (Å²) in [6.45, 7) is 2.73. The van der Waals surface area contributed by atoms with E-state index in [0.29, 0.717) is 35.7 Å². The molecule has 12 heteroatoms. The number of rotatable bonds is 6. The highest BCUT2D eigenvalue weighted by Gasteiger charge is 2.33. The second kappa shape index (κ2) is 11.7. The van der Waals surface area contributed by atoms with Gasteiger partial charge in [0, 0.05) is 42.1 Å². The van der Waals surface area contributed by atoms with Gasteiger partial charge in [0.1, 0.15) is 29.6 Å². The first kappa shape index (κ1) is 29.1. The first-order chi connectivity index (χ1) is 21.8. The van der Waals surface area contributed by atoms with E-state index in [4.69, 9.17) is 26.3 Å². The predicted octanol–water partition coefficient (Wildman–Crippen LogP) is 8.45.